The van der Waals surface area contributed by atoms with Crippen molar-refractivity contribution in [2.45, 2.75) is 52.2 Å². The van der Waals surface area contributed by atoms with E-state index >= 15 is 4.39 Å². The lowest BCUT2D eigenvalue weighted by molar-refractivity contribution is -0.108. The van der Waals surface area contributed by atoms with E-state index in [1.165, 1.54) is 19.2 Å². The van der Waals surface area contributed by atoms with Crippen LogP contribution in [0.5, 0.6) is 0 Å². The molecule has 0 aliphatic carbocycles. The molecule has 3 rings (SSSR count). The Bertz CT molecular complexity index is 1240. The summed E-state index contributed by atoms with van der Waals surface area (Å²) >= 11 is 0. The molecule has 1 atom stereocenters. The molecule has 0 fully saturated rings. The van der Waals surface area contributed by atoms with E-state index in [1.54, 1.807) is 45.0 Å². The highest BCUT2D eigenvalue weighted by Gasteiger charge is 2.33. The monoisotopic (exact) mass is 490 g/mol. The largest absolute Gasteiger partial charge is 0.356 e. The predicted octanol–water partition coefficient (Wildman–Crippen LogP) is 5.46. The number of halogens is 1. The maximum absolute atomic E-state index is 15.2. The number of anilines is 1. The van der Waals surface area contributed by atoms with Gasteiger partial charge in [-0.05, 0) is 50.8 Å². The highest BCUT2D eigenvalue weighted by molar-refractivity contribution is 7.93. The minimum Gasteiger partial charge on any atom is -0.356 e. The molecule has 0 aliphatic rings. The number of hydrogen-bond donors (Lipinski definition) is 0. The van der Waals surface area contributed by atoms with Crippen LogP contribution in [0.25, 0.3) is 11.1 Å². The maximum Gasteiger partial charge on any atom is 0.269 e. The van der Waals surface area contributed by atoms with E-state index in [-0.39, 0.29) is 28.6 Å². The van der Waals surface area contributed by atoms with Crippen LogP contribution < -0.4 is 4.31 Å². The van der Waals surface area contributed by atoms with Crippen LogP contribution in [0.1, 0.15) is 37.6 Å². The van der Waals surface area contributed by atoms with Crippen molar-refractivity contribution in [2.24, 2.45) is 5.92 Å². The first kappa shape index (κ1) is 25.9. The number of aryl methyl sites for hydroxylation is 1. The summed E-state index contributed by atoms with van der Waals surface area (Å²) in [4.78, 5) is -0.0763. The molecule has 34 heavy (non-hydrogen) atoms. The first-order chi connectivity index (χ1) is 16.1. The molecule has 0 amide bonds. The van der Waals surface area contributed by atoms with Crippen molar-refractivity contribution < 1.29 is 26.8 Å². The van der Waals surface area contributed by atoms with E-state index in [1.807, 2.05) is 6.07 Å². The molecule has 0 bridgehead atoms. The van der Waals surface area contributed by atoms with E-state index in [2.05, 4.69) is 19.0 Å². The molecule has 0 saturated heterocycles. The van der Waals surface area contributed by atoms with Crippen LogP contribution >= 0.6 is 0 Å². The average Bonchev–Trinajstić information content (AvgIpc) is 3.11. The SMILES string of the molecule is COC(C)OCN(c1onc(C)c1C)S(=O)(=O)c1ccccc1-c1ccc(CC(C)C)cc1F. The second kappa shape index (κ2) is 10.7. The molecule has 1 heterocycles. The molecular weight excluding hydrogens is 459 g/mol. The third-order valence-corrected chi connectivity index (χ3v) is 7.30. The highest BCUT2D eigenvalue weighted by Crippen LogP contribution is 2.35. The minimum absolute atomic E-state index is 0.0309. The van der Waals surface area contributed by atoms with Gasteiger partial charge >= 0.3 is 0 Å². The second-order valence-electron chi connectivity index (χ2n) is 8.56. The van der Waals surface area contributed by atoms with E-state index in [0.29, 0.717) is 17.2 Å². The number of hydrogen-bond acceptors (Lipinski definition) is 6. The predicted molar refractivity (Wildman–Crippen MR) is 128 cm³/mol. The Balaban J connectivity index is 2.11. The fraction of sp³-hybridized carbons (Fsp3) is 0.400. The molecule has 3 aromatic rings. The van der Waals surface area contributed by atoms with E-state index < -0.39 is 22.1 Å². The fourth-order valence-electron chi connectivity index (χ4n) is 3.52. The van der Waals surface area contributed by atoms with Crippen LogP contribution in [0, 0.1) is 25.6 Å². The first-order valence-corrected chi connectivity index (χ1v) is 12.5. The molecule has 9 heteroatoms. The van der Waals surface area contributed by atoms with Crippen molar-refractivity contribution in [1.82, 2.24) is 5.16 Å². The molecular formula is C25H31FN2O5S. The first-order valence-electron chi connectivity index (χ1n) is 11.0. The van der Waals surface area contributed by atoms with E-state index in [4.69, 9.17) is 14.0 Å². The number of nitrogens with zero attached hydrogens (tertiary/aromatic N) is 2. The Labute approximate surface area is 200 Å². The van der Waals surface area contributed by atoms with Gasteiger partial charge in [0.05, 0.1) is 10.6 Å². The Hall–Kier alpha value is -2.75. The van der Waals surface area contributed by atoms with Gasteiger partial charge in [-0.2, -0.15) is 0 Å². The Morgan fingerprint density at radius 2 is 1.79 bits per heavy atom. The third kappa shape index (κ3) is 5.48. The van der Waals surface area contributed by atoms with Crippen LogP contribution in [0.3, 0.4) is 0 Å². The molecule has 1 unspecified atom stereocenters. The summed E-state index contributed by atoms with van der Waals surface area (Å²) in [6.07, 6.45) is 0.0626. The zero-order chi connectivity index (χ0) is 25.0. The Morgan fingerprint density at radius 1 is 1.09 bits per heavy atom. The molecule has 0 spiro atoms. The molecule has 184 valence electrons. The molecule has 1 aromatic heterocycles. The zero-order valence-corrected chi connectivity index (χ0v) is 21.1. The smallest absolute Gasteiger partial charge is 0.269 e. The number of benzene rings is 2. The van der Waals surface area contributed by atoms with Crippen LogP contribution in [-0.2, 0) is 25.9 Å². The van der Waals surface area contributed by atoms with Crippen LogP contribution in [-0.4, -0.2) is 33.7 Å². The maximum atomic E-state index is 15.2. The summed E-state index contributed by atoms with van der Waals surface area (Å²) < 4.78 is 60.0. The molecule has 2 aromatic carbocycles. The fourth-order valence-corrected chi connectivity index (χ4v) is 5.05. The zero-order valence-electron chi connectivity index (χ0n) is 20.3. The quantitative estimate of drug-likeness (QED) is 0.351. The molecule has 0 radical (unpaired) electrons. The van der Waals surface area contributed by atoms with Crippen molar-refractivity contribution >= 4 is 15.9 Å². The van der Waals surface area contributed by atoms with Gasteiger partial charge in [0.2, 0.25) is 5.88 Å². The van der Waals surface area contributed by atoms with Crippen molar-refractivity contribution in [3.63, 3.8) is 0 Å². The van der Waals surface area contributed by atoms with Crippen molar-refractivity contribution in [3.05, 3.63) is 65.1 Å². The summed E-state index contributed by atoms with van der Waals surface area (Å²) in [5.74, 6) is -0.0822. The lowest BCUT2D eigenvalue weighted by atomic mass is 9.98. The topological polar surface area (TPSA) is 81.9 Å². The molecule has 0 aliphatic heterocycles. The van der Waals surface area contributed by atoms with Gasteiger partial charge in [-0.25, -0.2) is 17.1 Å². The lowest BCUT2D eigenvalue weighted by Crippen LogP contribution is -2.35. The summed E-state index contributed by atoms with van der Waals surface area (Å²) in [5.41, 5.74) is 2.40. The summed E-state index contributed by atoms with van der Waals surface area (Å²) in [5, 5.41) is 3.89. The molecule has 0 N–H and O–H groups in total. The van der Waals surface area contributed by atoms with Gasteiger partial charge in [-0.1, -0.05) is 49.3 Å². The number of rotatable bonds is 10. The normalized spacial score (nSPS) is 12.8. The Kier molecular flexibility index (Phi) is 8.12. The van der Waals surface area contributed by atoms with Crippen molar-refractivity contribution in [1.29, 1.82) is 0 Å². The average molecular weight is 491 g/mol. The van der Waals surface area contributed by atoms with E-state index in [0.717, 1.165) is 16.3 Å². The third-order valence-electron chi connectivity index (χ3n) is 5.54. The molecule has 0 saturated carbocycles. The van der Waals surface area contributed by atoms with Crippen molar-refractivity contribution in [3.8, 4) is 11.1 Å². The highest BCUT2D eigenvalue weighted by atomic mass is 32.2. The lowest BCUT2D eigenvalue weighted by Gasteiger charge is -2.24. The van der Waals surface area contributed by atoms with Crippen LogP contribution in [0.4, 0.5) is 10.3 Å². The van der Waals surface area contributed by atoms with Gasteiger partial charge in [0.25, 0.3) is 10.0 Å². The standard InChI is InChI=1S/C25H31FN2O5S/c1-16(2)13-20-11-12-21(23(26)14-20)22-9-7-8-10-24(22)34(29,30)28(15-32-19(5)31-6)25-17(3)18(4)27-33-25/h7-12,14,16,19H,13,15H2,1-6H3. The summed E-state index contributed by atoms with van der Waals surface area (Å²) in [6, 6.07) is 11.2. The van der Waals surface area contributed by atoms with Gasteiger partial charge in [-0.15, -0.1) is 0 Å². The second-order valence-corrected chi connectivity index (χ2v) is 10.4. The number of methoxy groups -OCH3 is 1. The molecule has 7 nitrogen and oxygen atoms in total. The van der Waals surface area contributed by atoms with Gasteiger partial charge in [0.15, 0.2) is 6.29 Å². The summed E-state index contributed by atoms with van der Waals surface area (Å²) in [6.45, 7) is 8.81. The van der Waals surface area contributed by atoms with Gasteiger partial charge in [0.1, 0.15) is 12.5 Å². The van der Waals surface area contributed by atoms with Crippen LogP contribution in [0.15, 0.2) is 51.9 Å². The number of sulfonamides is 1. The Morgan fingerprint density at radius 3 is 2.38 bits per heavy atom. The van der Waals surface area contributed by atoms with Gasteiger partial charge in [0, 0.05) is 23.8 Å². The van der Waals surface area contributed by atoms with E-state index in [9.17, 15) is 8.42 Å². The van der Waals surface area contributed by atoms with Crippen LogP contribution in [0.2, 0.25) is 0 Å². The van der Waals surface area contributed by atoms with Gasteiger partial charge < -0.3 is 14.0 Å². The number of aromatic nitrogens is 1. The summed E-state index contributed by atoms with van der Waals surface area (Å²) in [7, 11) is -2.79. The number of ether oxygens (including phenoxy) is 2. The minimum atomic E-state index is -4.24. The van der Waals surface area contributed by atoms with Crippen molar-refractivity contribution in [2.75, 3.05) is 18.1 Å². The van der Waals surface area contributed by atoms with Gasteiger partial charge in [-0.3, -0.25) is 0 Å².